The zero-order valence-corrected chi connectivity index (χ0v) is 12.3. The van der Waals surface area contributed by atoms with Gasteiger partial charge in [0.2, 0.25) is 0 Å². The van der Waals surface area contributed by atoms with Crippen LogP contribution in [0.15, 0.2) is 15.8 Å². The second kappa shape index (κ2) is 5.94. The van der Waals surface area contributed by atoms with Crippen molar-refractivity contribution in [1.82, 2.24) is 19.1 Å². The summed E-state index contributed by atoms with van der Waals surface area (Å²) in [6.45, 7) is 5.76. The Kier molecular flexibility index (Phi) is 4.25. The third-order valence-electron chi connectivity index (χ3n) is 3.06. The van der Waals surface area contributed by atoms with Gasteiger partial charge in [0.15, 0.2) is 5.65 Å². The summed E-state index contributed by atoms with van der Waals surface area (Å²) in [6, 6.07) is -0.237. The summed E-state index contributed by atoms with van der Waals surface area (Å²) in [5, 5.41) is 0. The van der Waals surface area contributed by atoms with Gasteiger partial charge in [-0.05, 0) is 20.3 Å². The van der Waals surface area contributed by atoms with Crippen molar-refractivity contribution in [3.05, 3.63) is 27.2 Å². The fraction of sp³-hybridized carbons (Fsp3) is 0.538. The van der Waals surface area contributed by atoms with E-state index in [1.807, 2.05) is 6.92 Å². The zero-order chi connectivity index (χ0) is 15.6. The molecule has 0 saturated carbocycles. The van der Waals surface area contributed by atoms with Crippen LogP contribution in [0, 0.1) is 0 Å². The van der Waals surface area contributed by atoms with Gasteiger partial charge in [-0.2, -0.15) is 9.55 Å². The maximum atomic E-state index is 12.4. The SMILES string of the molecule is CCCCOC(=O)n1c(=O)n(C(C)C)c2nc(=O)[nH]cc21. The molecule has 0 unspecified atom stereocenters. The molecule has 0 aliphatic carbocycles. The third-order valence-corrected chi connectivity index (χ3v) is 3.06. The molecule has 2 aromatic rings. The van der Waals surface area contributed by atoms with Crippen molar-refractivity contribution in [2.24, 2.45) is 0 Å². The number of nitrogens with one attached hydrogen (secondary N) is 1. The van der Waals surface area contributed by atoms with Crippen molar-refractivity contribution in [2.45, 2.75) is 39.7 Å². The molecule has 0 bridgehead atoms. The zero-order valence-electron chi connectivity index (χ0n) is 12.3. The molecule has 0 saturated heterocycles. The molecule has 2 heterocycles. The summed E-state index contributed by atoms with van der Waals surface area (Å²) in [6.07, 6.45) is 2.14. The molecule has 0 aliphatic heterocycles. The smallest absolute Gasteiger partial charge is 0.422 e. The van der Waals surface area contributed by atoms with Crippen molar-refractivity contribution in [3.63, 3.8) is 0 Å². The Balaban J connectivity index is 2.58. The topological polar surface area (TPSA) is 99.0 Å². The van der Waals surface area contributed by atoms with Gasteiger partial charge in [-0.15, -0.1) is 0 Å². The maximum absolute atomic E-state index is 12.4. The van der Waals surface area contributed by atoms with Crippen LogP contribution in [0.25, 0.3) is 11.2 Å². The molecule has 0 amide bonds. The van der Waals surface area contributed by atoms with Crippen molar-refractivity contribution >= 4 is 17.3 Å². The lowest BCUT2D eigenvalue weighted by molar-refractivity contribution is 0.146. The first-order valence-electron chi connectivity index (χ1n) is 6.87. The Labute approximate surface area is 120 Å². The maximum Gasteiger partial charge on any atom is 0.422 e. The van der Waals surface area contributed by atoms with E-state index in [4.69, 9.17) is 4.74 Å². The van der Waals surface area contributed by atoms with Crippen LogP contribution in [-0.2, 0) is 4.74 Å². The summed E-state index contributed by atoms with van der Waals surface area (Å²) in [5.41, 5.74) is -0.734. The first-order valence-corrected chi connectivity index (χ1v) is 6.87. The molecule has 0 aromatic carbocycles. The standard InChI is InChI=1S/C13H18N4O4/c1-4-5-6-21-13(20)17-9-7-14-11(18)15-10(9)16(8(2)3)12(17)19/h7-8H,4-6H2,1-3H3,(H,14,15,18). The fourth-order valence-corrected chi connectivity index (χ4v) is 2.03. The van der Waals surface area contributed by atoms with Gasteiger partial charge in [0.1, 0.15) is 5.52 Å². The number of ether oxygens (including phenoxy) is 1. The molecule has 2 rings (SSSR count). The lowest BCUT2D eigenvalue weighted by Crippen LogP contribution is -2.30. The first kappa shape index (κ1) is 15.0. The number of unbranched alkanes of at least 4 members (excludes halogenated alkanes) is 1. The second-order valence-corrected chi connectivity index (χ2v) is 4.96. The van der Waals surface area contributed by atoms with Crippen molar-refractivity contribution < 1.29 is 9.53 Å². The van der Waals surface area contributed by atoms with Crippen LogP contribution < -0.4 is 11.4 Å². The van der Waals surface area contributed by atoms with Gasteiger partial charge < -0.3 is 9.72 Å². The Morgan fingerprint density at radius 1 is 1.43 bits per heavy atom. The molecule has 2 aromatic heterocycles. The molecule has 1 N–H and O–H groups in total. The van der Waals surface area contributed by atoms with Gasteiger partial charge in [0.25, 0.3) is 0 Å². The highest BCUT2D eigenvalue weighted by molar-refractivity contribution is 5.84. The van der Waals surface area contributed by atoms with E-state index in [9.17, 15) is 14.4 Å². The molecule has 0 spiro atoms. The average Bonchev–Trinajstić information content (AvgIpc) is 2.70. The number of aromatic amines is 1. The molecule has 21 heavy (non-hydrogen) atoms. The quantitative estimate of drug-likeness (QED) is 0.856. The van der Waals surface area contributed by atoms with E-state index in [1.165, 1.54) is 10.8 Å². The Hall–Kier alpha value is -2.38. The van der Waals surface area contributed by atoms with Crippen molar-refractivity contribution in [2.75, 3.05) is 6.61 Å². The molecule has 0 aliphatic rings. The van der Waals surface area contributed by atoms with Crippen LogP contribution in [0.2, 0.25) is 0 Å². The molecule has 114 valence electrons. The largest absolute Gasteiger partial charge is 0.449 e. The number of fused-ring (bicyclic) bond motifs is 1. The number of hydrogen-bond donors (Lipinski definition) is 1. The molecular formula is C13H18N4O4. The van der Waals surface area contributed by atoms with Gasteiger partial charge in [0, 0.05) is 12.2 Å². The highest BCUT2D eigenvalue weighted by Gasteiger charge is 2.22. The van der Waals surface area contributed by atoms with E-state index in [2.05, 4.69) is 9.97 Å². The second-order valence-electron chi connectivity index (χ2n) is 4.96. The lowest BCUT2D eigenvalue weighted by Gasteiger charge is -2.05. The Morgan fingerprint density at radius 3 is 2.76 bits per heavy atom. The molecule has 0 fully saturated rings. The number of carbonyl (C=O) groups is 1. The van der Waals surface area contributed by atoms with E-state index in [1.54, 1.807) is 13.8 Å². The normalized spacial score (nSPS) is 11.2. The minimum Gasteiger partial charge on any atom is -0.449 e. The van der Waals surface area contributed by atoms with Crippen LogP contribution in [0.5, 0.6) is 0 Å². The summed E-state index contributed by atoms with van der Waals surface area (Å²) < 4.78 is 7.27. The highest BCUT2D eigenvalue weighted by atomic mass is 16.5. The summed E-state index contributed by atoms with van der Waals surface area (Å²) in [5.74, 6) is 0. The van der Waals surface area contributed by atoms with E-state index in [-0.39, 0.29) is 23.8 Å². The van der Waals surface area contributed by atoms with Crippen LogP contribution >= 0.6 is 0 Å². The first-order chi connectivity index (χ1) is 9.97. The lowest BCUT2D eigenvalue weighted by atomic mass is 10.4. The summed E-state index contributed by atoms with van der Waals surface area (Å²) in [4.78, 5) is 42.0. The van der Waals surface area contributed by atoms with E-state index < -0.39 is 17.5 Å². The third kappa shape index (κ3) is 2.74. The van der Waals surface area contributed by atoms with Gasteiger partial charge >= 0.3 is 17.5 Å². The molecule has 8 heteroatoms. The number of imidazole rings is 1. The van der Waals surface area contributed by atoms with Gasteiger partial charge in [-0.3, -0.25) is 4.57 Å². The fourth-order valence-electron chi connectivity index (χ4n) is 2.03. The molecule has 0 atom stereocenters. The van der Waals surface area contributed by atoms with Gasteiger partial charge in [-0.25, -0.2) is 14.4 Å². The van der Waals surface area contributed by atoms with E-state index >= 15 is 0 Å². The number of rotatable bonds is 4. The van der Waals surface area contributed by atoms with E-state index in [0.29, 0.717) is 0 Å². The predicted octanol–water partition coefficient (Wildman–Crippen LogP) is 1.25. The van der Waals surface area contributed by atoms with Gasteiger partial charge in [0.05, 0.1) is 6.61 Å². The van der Waals surface area contributed by atoms with Crippen molar-refractivity contribution in [3.8, 4) is 0 Å². The average molecular weight is 294 g/mol. The minimum atomic E-state index is -0.758. The summed E-state index contributed by atoms with van der Waals surface area (Å²) >= 11 is 0. The van der Waals surface area contributed by atoms with Crippen LogP contribution in [0.4, 0.5) is 4.79 Å². The number of hydrogen-bond acceptors (Lipinski definition) is 5. The Morgan fingerprint density at radius 2 is 2.14 bits per heavy atom. The molecule has 0 radical (unpaired) electrons. The molecular weight excluding hydrogens is 276 g/mol. The summed E-state index contributed by atoms with van der Waals surface area (Å²) in [7, 11) is 0. The number of aromatic nitrogens is 4. The predicted molar refractivity (Wildman–Crippen MR) is 76.7 cm³/mol. The minimum absolute atomic E-state index is 0.172. The highest BCUT2D eigenvalue weighted by Crippen LogP contribution is 2.12. The number of H-pyrrole nitrogens is 1. The van der Waals surface area contributed by atoms with Crippen LogP contribution in [0.1, 0.15) is 39.7 Å². The van der Waals surface area contributed by atoms with Gasteiger partial charge in [-0.1, -0.05) is 13.3 Å². The van der Waals surface area contributed by atoms with Crippen LogP contribution in [-0.4, -0.2) is 31.8 Å². The number of carbonyl (C=O) groups excluding carboxylic acids is 1. The van der Waals surface area contributed by atoms with Crippen LogP contribution in [0.3, 0.4) is 0 Å². The van der Waals surface area contributed by atoms with Crippen molar-refractivity contribution in [1.29, 1.82) is 0 Å². The monoisotopic (exact) mass is 294 g/mol. The molecule has 8 nitrogen and oxygen atoms in total. The number of nitrogens with zero attached hydrogens (tertiary/aromatic N) is 3. The van der Waals surface area contributed by atoms with E-state index in [0.717, 1.165) is 17.4 Å². The Bertz CT molecular complexity index is 769.